The predicted octanol–water partition coefficient (Wildman–Crippen LogP) is 2.25. The lowest BCUT2D eigenvalue weighted by atomic mass is 9.85. The number of rotatable bonds is 4. The molecule has 0 radical (unpaired) electrons. The molecule has 11 heavy (non-hydrogen) atoms. The molecule has 0 aromatic rings. The molecule has 0 unspecified atom stereocenters. The summed E-state index contributed by atoms with van der Waals surface area (Å²) < 4.78 is 0. The Kier molecular flexibility index (Phi) is 3.67. The van der Waals surface area contributed by atoms with Crippen molar-refractivity contribution in [1.29, 1.82) is 0 Å². The van der Waals surface area contributed by atoms with Crippen molar-refractivity contribution in [3.05, 3.63) is 0 Å². The molecule has 2 heteroatoms. The predicted molar refractivity (Wildman–Crippen MR) is 50.1 cm³/mol. The maximum absolute atomic E-state index is 5.86. The van der Waals surface area contributed by atoms with Crippen molar-refractivity contribution < 1.29 is 0 Å². The van der Waals surface area contributed by atoms with Gasteiger partial charge in [0.1, 0.15) is 0 Å². The van der Waals surface area contributed by atoms with E-state index in [4.69, 9.17) is 11.6 Å². The molecule has 0 spiro atoms. The fourth-order valence-electron chi connectivity index (χ4n) is 1.40. The summed E-state index contributed by atoms with van der Waals surface area (Å²) >= 11 is 5.86. The summed E-state index contributed by atoms with van der Waals surface area (Å²) in [6.07, 6.45) is 2.43. The van der Waals surface area contributed by atoms with Crippen LogP contribution in [0.25, 0.3) is 0 Å². The highest BCUT2D eigenvalue weighted by Gasteiger charge is 2.26. The van der Waals surface area contributed by atoms with Crippen LogP contribution >= 0.6 is 11.6 Å². The number of halogens is 1. The molecule has 66 valence electrons. The summed E-state index contributed by atoms with van der Waals surface area (Å²) in [5, 5.41) is 3.92. The highest BCUT2D eigenvalue weighted by molar-refractivity contribution is 6.21. The van der Waals surface area contributed by atoms with Crippen LogP contribution in [0.2, 0.25) is 0 Å². The minimum Gasteiger partial charge on any atom is -0.316 e. The van der Waals surface area contributed by atoms with Gasteiger partial charge < -0.3 is 5.32 Å². The van der Waals surface area contributed by atoms with Crippen molar-refractivity contribution in [2.75, 3.05) is 13.1 Å². The normalized spacial score (nSPS) is 30.5. The van der Waals surface area contributed by atoms with E-state index in [2.05, 4.69) is 19.2 Å². The topological polar surface area (TPSA) is 12.0 Å². The Bertz CT molecular complexity index is 108. The van der Waals surface area contributed by atoms with Crippen LogP contribution in [0.1, 0.15) is 26.7 Å². The summed E-state index contributed by atoms with van der Waals surface area (Å²) in [5.41, 5.74) is 0. The highest BCUT2D eigenvalue weighted by atomic mass is 35.5. The molecule has 1 rings (SSSR count). The lowest BCUT2D eigenvalue weighted by molar-refractivity contribution is 0.304. The molecule has 1 N–H and O–H groups in total. The molecule has 0 atom stereocenters. The molecule has 1 aliphatic carbocycles. The quantitative estimate of drug-likeness (QED) is 0.647. The number of hydrogen-bond donors (Lipinski definition) is 1. The van der Waals surface area contributed by atoms with Crippen molar-refractivity contribution >= 4 is 11.6 Å². The van der Waals surface area contributed by atoms with E-state index in [1.54, 1.807) is 0 Å². The van der Waals surface area contributed by atoms with Gasteiger partial charge in [-0.2, -0.15) is 0 Å². The first-order chi connectivity index (χ1) is 5.18. The minimum absolute atomic E-state index is 0.473. The van der Waals surface area contributed by atoms with Gasteiger partial charge in [0.05, 0.1) is 0 Å². The molecule has 1 aliphatic rings. The zero-order valence-corrected chi connectivity index (χ0v) is 8.19. The van der Waals surface area contributed by atoms with Gasteiger partial charge in [-0.3, -0.25) is 0 Å². The van der Waals surface area contributed by atoms with Crippen molar-refractivity contribution in [2.45, 2.75) is 32.1 Å². The van der Waals surface area contributed by atoms with Crippen molar-refractivity contribution in [1.82, 2.24) is 5.32 Å². The van der Waals surface area contributed by atoms with E-state index in [9.17, 15) is 0 Å². The average molecular weight is 176 g/mol. The van der Waals surface area contributed by atoms with E-state index < -0.39 is 0 Å². The molecular weight excluding hydrogens is 158 g/mol. The minimum atomic E-state index is 0.473. The second kappa shape index (κ2) is 4.32. The number of alkyl halides is 1. The van der Waals surface area contributed by atoms with Crippen molar-refractivity contribution in [3.63, 3.8) is 0 Å². The van der Waals surface area contributed by atoms with Crippen LogP contribution < -0.4 is 5.32 Å². The third kappa shape index (κ3) is 3.44. The Hall–Kier alpha value is 0.250. The summed E-state index contributed by atoms with van der Waals surface area (Å²) in [4.78, 5) is 0. The smallest absolute Gasteiger partial charge is 0.0342 e. The van der Waals surface area contributed by atoms with Gasteiger partial charge in [-0.15, -0.1) is 11.6 Å². The van der Waals surface area contributed by atoms with Crippen molar-refractivity contribution in [3.8, 4) is 0 Å². The Morgan fingerprint density at radius 3 is 2.55 bits per heavy atom. The van der Waals surface area contributed by atoms with Crippen LogP contribution in [0.4, 0.5) is 0 Å². The van der Waals surface area contributed by atoms with Crippen LogP contribution in [-0.4, -0.2) is 18.5 Å². The fraction of sp³-hybridized carbons (Fsp3) is 1.00. The largest absolute Gasteiger partial charge is 0.316 e. The lowest BCUT2D eigenvalue weighted by Crippen LogP contribution is -2.34. The number of nitrogens with one attached hydrogen (secondary N) is 1. The van der Waals surface area contributed by atoms with Gasteiger partial charge in [0.25, 0.3) is 0 Å². The summed E-state index contributed by atoms with van der Waals surface area (Å²) in [6.45, 7) is 6.78. The molecule has 0 aromatic heterocycles. The van der Waals surface area contributed by atoms with Crippen molar-refractivity contribution in [2.24, 2.45) is 11.8 Å². The second-order valence-corrected chi connectivity index (χ2v) is 4.60. The summed E-state index contributed by atoms with van der Waals surface area (Å²) in [5.74, 6) is 1.62. The van der Waals surface area contributed by atoms with E-state index in [-0.39, 0.29) is 0 Å². The molecule has 0 aromatic carbocycles. The molecular formula is C9H18ClN. The molecule has 1 nitrogen and oxygen atoms in total. The zero-order valence-electron chi connectivity index (χ0n) is 7.44. The Labute approximate surface area is 74.5 Å². The summed E-state index contributed by atoms with van der Waals surface area (Å²) in [6, 6.07) is 0. The maximum Gasteiger partial charge on any atom is 0.0342 e. The molecule has 0 heterocycles. The highest BCUT2D eigenvalue weighted by Crippen LogP contribution is 2.30. The van der Waals surface area contributed by atoms with Gasteiger partial charge in [-0.05, 0) is 37.8 Å². The van der Waals surface area contributed by atoms with E-state index >= 15 is 0 Å². The zero-order chi connectivity index (χ0) is 8.27. The second-order valence-electron chi connectivity index (χ2n) is 3.99. The maximum atomic E-state index is 5.86. The van der Waals surface area contributed by atoms with Crippen LogP contribution in [0.5, 0.6) is 0 Å². The van der Waals surface area contributed by atoms with E-state index in [1.165, 1.54) is 19.4 Å². The van der Waals surface area contributed by atoms with Gasteiger partial charge >= 0.3 is 0 Å². The average Bonchev–Trinajstić information content (AvgIpc) is 1.83. The molecule has 1 saturated carbocycles. The van der Waals surface area contributed by atoms with Gasteiger partial charge in [-0.25, -0.2) is 0 Å². The number of hydrogen-bond acceptors (Lipinski definition) is 1. The van der Waals surface area contributed by atoms with E-state index in [0.717, 1.165) is 18.4 Å². The molecule has 0 bridgehead atoms. The van der Waals surface area contributed by atoms with Gasteiger partial charge in [0.15, 0.2) is 0 Å². The lowest BCUT2D eigenvalue weighted by Gasteiger charge is -2.31. The van der Waals surface area contributed by atoms with E-state index in [1.807, 2.05) is 0 Å². The molecule has 1 fully saturated rings. The van der Waals surface area contributed by atoms with Crippen LogP contribution in [0.15, 0.2) is 0 Å². The third-order valence-electron chi connectivity index (χ3n) is 2.16. The Morgan fingerprint density at radius 2 is 2.09 bits per heavy atom. The Balaban J connectivity index is 1.89. The fourth-order valence-corrected chi connectivity index (χ4v) is 1.90. The third-order valence-corrected chi connectivity index (χ3v) is 2.52. The molecule has 0 aliphatic heterocycles. The first-order valence-electron chi connectivity index (χ1n) is 4.53. The van der Waals surface area contributed by atoms with Gasteiger partial charge in [0.2, 0.25) is 0 Å². The molecule has 0 saturated heterocycles. The van der Waals surface area contributed by atoms with Crippen LogP contribution in [0.3, 0.4) is 0 Å². The van der Waals surface area contributed by atoms with Crippen LogP contribution in [0, 0.1) is 11.8 Å². The van der Waals surface area contributed by atoms with Gasteiger partial charge in [-0.1, -0.05) is 13.8 Å². The van der Waals surface area contributed by atoms with Gasteiger partial charge in [0, 0.05) is 5.38 Å². The molecule has 0 amide bonds. The Morgan fingerprint density at radius 1 is 1.45 bits per heavy atom. The first-order valence-corrected chi connectivity index (χ1v) is 4.97. The first kappa shape index (κ1) is 9.34. The standard InChI is InChI=1S/C9H18ClN/c1-7(2)5-11-6-8-3-9(10)4-8/h7-9,11H,3-6H2,1-2H3. The SMILES string of the molecule is CC(C)CNCC1CC(Cl)C1. The van der Waals surface area contributed by atoms with E-state index in [0.29, 0.717) is 5.38 Å². The monoisotopic (exact) mass is 175 g/mol. The van der Waals surface area contributed by atoms with Crippen LogP contribution in [-0.2, 0) is 0 Å². The summed E-state index contributed by atoms with van der Waals surface area (Å²) in [7, 11) is 0.